The molecule has 2 N–H and O–H groups in total. The van der Waals surface area contributed by atoms with E-state index in [4.69, 9.17) is 10.2 Å². The molecule has 0 radical (unpaired) electrons. The summed E-state index contributed by atoms with van der Waals surface area (Å²) in [5.74, 6) is -0.623. The second kappa shape index (κ2) is 3.09. The first-order chi connectivity index (χ1) is 7.09. The largest absolute Gasteiger partial charge is 0.463 e. The Balaban J connectivity index is 2.66. The van der Waals surface area contributed by atoms with Crippen LogP contribution in [0.4, 0.5) is 5.69 Å². The smallest absolute Gasteiger partial charge is 0.273 e. The quantitative estimate of drug-likeness (QED) is 0.593. The van der Waals surface area contributed by atoms with Gasteiger partial charge in [0.2, 0.25) is 0 Å². The van der Waals surface area contributed by atoms with E-state index in [0.29, 0.717) is 5.39 Å². The van der Waals surface area contributed by atoms with Crippen LogP contribution < -0.4 is 5.73 Å². The standard InChI is InChI=1S/C9H6N2O4/c10-9(12)7-4-15-8-3-5(11(13)14)1-2-6(7)8/h1-4H,(H2,10,12). The molecule has 15 heavy (non-hydrogen) atoms. The topological polar surface area (TPSA) is 99.4 Å². The third-order valence-corrected chi connectivity index (χ3v) is 2.04. The van der Waals surface area contributed by atoms with Gasteiger partial charge in [-0.05, 0) is 6.07 Å². The lowest BCUT2D eigenvalue weighted by Gasteiger charge is -1.92. The van der Waals surface area contributed by atoms with Crippen molar-refractivity contribution in [2.75, 3.05) is 0 Å². The fourth-order valence-corrected chi connectivity index (χ4v) is 1.32. The Morgan fingerprint density at radius 3 is 2.80 bits per heavy atom. The van der Waals surface area contributed by atoms with E-state index in [1.54, 1.807) is 0 Å². The maximum Gasteiger partial charge on any atom is 0.273 e. The molecule has 0 bridgehead atoms. The Morgan fingerprint density at radius 1 is 1.47 bits per heavy atom. The molecule has 6 nitrogen and oxygen atoms in total. The zero-order chi connectivity index (χ0) is 11.0. The average Bonchev–Trinajstić information content (AvgIpc) is 2.59. The highest BCUT2D eigenvalue weighted by Crippen LogP contribution is 2.25. The summed E-state index contributed by atoms with van der Waals surface area (Å²) in [5, 5.41) is 10.9. The van der Waals surface area contributed by atoms with Crippen LogP contribution in [0.1, 0.15) is 10.4 Å². The molecule has 1 aromatic heterocycles. The first-order valence-electron chi connectivity index (χ1n) is 4.05. The third kappa shape index (κ3) is 1.41. The number of nitro groups is 1. The number of fused-ring (bicyclic) bond motifs is 1. The number of nitrogens with zero attached hydrogens (tertiary/aromatic N) is 1. The average molecular weight is 206 g/mol. The van der Waals surface area contributed by atoms with Gasteiger partial charge in [-0.2, -0.15) is 0 Å². The molecular weight excluding hydrogens is 200 g/mol. The molecule has 0 fully saturated rings. The molecular formula is C9H6N2O4. The number of furan rings is 1. The van der Waals surface area contributed by atoms with Gasteiger partial charge in [0.1, 0.15) is 11.8 Å². The summed E-state index contributed by atoms with van der Waals surface area (Å²) in [4.78, 5) is 20.8. The van der Waals surface area contributed by atoms with Crippen molar-refractivity contribution in [1.29, 1.82) is 0 Å². The molecule has 0 aliphatic rings. The van der Waals surface area contributed by atoms with Crippen molar-refractivity contribution < 1.29 is 14.1 Å². The maximum absolute atomic E-state index is 10.9. The number of carbonyl (C=O) groups is 1. The molecule has 0 unspecified atom stereocenters. The molecule has 0 aliphatic heterocycles. The normalized spacial score (nSPS) is 10.4. The van der Waals surface area contributed by atoms with E-state index in [9.17, 15) is 14.9 Å². The van der Waals surface area contributed by atoms with E-state index >= 15 is 0 Å². The van der Waals surface area contributed by atoms with E-state index in [0.717, 1.165) is 0 Å². The van der Waals surface area contributed by atoms with Gasteiger partial charge in [-0.1, -0.05) is 0 Å². The van der Waals surface area contributed by atoms with Gasteiger partial charge in [0.05, 0.1) is 16.6 Å². The van der Waals surface area contributed by atoms with E-state index in [1.165, 1.54) is 24.5 Å². The molecule has 0 aliphatic carbocycles. The van der Waals surface area contributed by atoms with Crippen molar-refractivity contribution in [2.24, 2.45) is 5.73 Å². The lowest BCUT2D eigenvalue weighted by molar-refractivity contribution is -0.384. The van der Waals surface area contributed by atoms with Crippen molar-refractivity contribution in [1.82, 2.24) is 0 Å². The van der Waals surface area contributed by atoms with Crippen LogP contribution in [0, 0.1) is 10.1 Å². The summed E-state index contributed by atoms with van der Waals surface area (Å²) in [6.07, 6.45) is 1.19. The van der Waals surface area contributed by atoms with E-state index in [-0.39, 0.29) is 16.8 Å². The molecule has 0 saturated carbocycles. The molecule has 0 saturated heterocycles. The van der Waals surface area contributed by atoms with Crippen molar-refractivity contribution in [3.8, 4) is 0 Å². The Bertz CT molecular complexity index is 558. The number of hydrogen-bond donors (Lipinski definition) is 1. The monoisotopic (exact) mass is 206 g/mol. The van der Waals surface area contributed by atoms with Gasteiger partial charge < -0.3 is 10.2 Å². The molecule has 0 atom stereocenters. The van der Waals surface area contributed by atoms with Crippen LogP contribution in [0.15, 0.2) is 28.9 Å². The maximum atomic E-state index is 10.9. The minimum Gasteiger partial charge on any atom is -0.463 e. The number of primary amides is 1. The Morgan fingerprint density at radius 2 is 2.20 bits per heavy atom. The van der Waals surface area contributed by atoms with Crippen molar-refractivity contribution in [2.45, 2.75) is 0 Å². The summed E-state index contributed by atoms with van der Waals surface area (Å²) in [6, 6.07) is 3.99. The van der Waals surface area contributed by atoms with Gasteiger partial charge in [-0.25, -0.2) is 0 Å². The number of hydrogen-bond acceptors (Lipinski definition) is 4. The van der Waals surface area contributed by atoms with Crippen molar-refractivity contribution in [3.63, 3.8) is 0 Å². The minimum atomic E-state index is -0.623. The van der Waals surface area contributed by atoms with Gasteiger partial charge in [0.25, 0.3) is 11.6 Å². The van der Waals surface area contributed by atoms with Crippen LogP contribution in [0.25, 0.3) is 11.0 Å². The summed E-state index contributed by atoms with van der Waals surface area (Å²) < 4.78 is 5.00. The lowest BCUT2D eigenvalue weighted by atomic mass is 10.1. The fraction of sp³-hybridized carbons (Fsp3) is 0. The van der Waals surface area contributed by atoms with Crippen molar-refractivity contribution >= 4 is 22.6 Å². The minimum absolute atomic E-state index is 0.0899. The van der Waals surface area contributed by atoms with Gasteiger partial charge in [0.15, 0.2) is 0 Å². The third-order valence-electron chi connectivity index (χ3n) is 2.04. The summed E-state index contributed by atoms with van der Waals surface area (Å²) in [5.41, 5.74) is 5.50. The zero-order valence-corrected chi connectivity index (χ0v) is 7.47. The first kappa shape index (κ1) is 9.20. The molecule has 1 aromatic carbocycles. The molecule has 2 rings (SSSR count). The molecule has 1 heterocycles. The van der Waals surface area contributed by atoms with E-state index in [1.807, 2.05) is 0 Å². The first-order valence-corrected chi connectivity index (χ1v) is 4.05. The van der Waals surface area contributed by atoms with Crippen LogP contribution in [0.5, 0.6) is 0 Å². The fourth-order valence-electron chi connectivity index (χ4n) is 1.32. The van der Waals surface area contributed by atoms with Crippen LogP contribution in [0.3, 0.4) is 0 Å². The summed E-state index contributed by atoms with van der Waals surface area (Å²) in [7, 11) is 0. The van der Waals surface area contributed by atoms with E-state index < -0.39 is 10.8 Å². The molecule has 6 heteroatoms. The lowest BCUT2D eigenvalue weighted by Crippen LogP contribution is -2.09. The highest BCUT2D eigenvalue weighted by atomic mass is 16.6. The molecule has 0 spiro atoms. The number of carbonyl (C=O) groups excluding carboxylic acids is 1. The number of nitro benzene ring substituents is 1. The highest BCUT2D eigenvalue weighted by molar-refractivity contribution is 6.05. The molecule has 2 aromatic rings. The molecule has 1 amide bonds. The van der Waals surface area contributed by atoms with Gasteiger partial charge >= 0.3 is 0 Å². The predicted molar refractivity (Wildman–Crippen MR) is 51.4 cm³/mol. The van der Waals surface area contributed by atoms with Gasteiger partial charge in [0, 0.05) is 11.5 Å². The van der Waals surface area contributed by atoms with Crippen LogP contribution in [-0.2, 0) is 0 Å². The number of rotatable bonds is 2. The molecule has 76 valence electrons. The Kier molecular flexibility index (Phi) is 1.89. The van der Waals surface area contributed by atoms with Crippen LogP contribution in [-0.4, -0.2) is 10.8 Å². The zero-order valence-electron chi connectivity index (χ0n) is 7.47. The van der Waals surface area contributed by atoms with Crippen LogP contribution in [0.2, 0.25) is 0 Å². The summed E-state index contributed by atoms with van der Waals surface area (Å²) >= 11 is 0. The second-order valence-electron chi connectivity index (χ2n) is 2.95. The highest BCUT2D eigenvalue weighted by Gasteiger charge is 2.14. The van der Waals surface area contributed by atoms with Gasteiger partial charge in [-0.15, -0.1) is 0 Å². The Labute approximate surface area is 83.4 Å². The van der Waals surface area contributed by atoms with Crippen LogP contribution >= 0.6 is 0 Å². The van der Waals surface area contributed by atoms with Gasteiger partial charge in [-0.3, -0.25) is 14.9 Å². The number of amides is 1. The second-order valence-corrected chi connectivity index (χ2v) is 2.95. The number of nitrogens with two attached hydrogens (primary N) is 1. The van der Waals surface area contributed by atoms with Crippen molar-refractivity contribution in [3.05, 3.63) is 40.1 Å². The van der Waals surface area contributed by atoms with E-state index in [2.05, 4.69) is 0 Å². The number of benzene rings is 1. The number of non-ortho nitro benzene ring substituents is 1. The SMILES string of the molecule is NC(=O)c1coc2cc([N+](=O)[O-])ccc12. The summed E-state index contributed by atoms with van der Waals surface area (Å²) in [6.45, 7) is 0. The predicted octanol–water partition coefficient (Wildman–Crippen LogP) is 1.44. The Hall–Kier alpha value is -2.37.